The van der Waals surface area contributed by atoms with Crippen molar-refractivity contribution >= 4 is 0 Å². The van der Waals surface area contributed by atoms with Crippen LogP contribution >= 0.6 is 0 Å². The second-order valence-electron chi connectivity index (χ2n) is 7.76. The third kappa shape index (κ3) is 2.68. The normalized spacial score (nSPS) is 23.7. The monoisotopic (exact) mass is 374 g/mol. The largest absolute Gasteiger partial charge is 0 e. The van der Waals surface area contributed by atoms with Crippen LogP contribution in [-0.4, -0.2) is 0 Å². The third-order valence-electron chi connectivity index (χ3n) is 6.15. The van der Waals surface area contributed by atoms with Crippen LogP contribution in [0.4, 0.5) is 0 Å². The van der Waals surface area contributed by atoms with Crippen molar-refractivity contribution in [2.45, 2.75) is 69.2 Å². The average Bonchev–Trinajstić information content (AvgIpc) is 2.63. The SMILES string of the molecule is CC1=C(C)C(C)(C)[C]([Cr][C]2=C(C)C(C)=C(C)C2(C)C)=C1C.[Cr]. The van der Waals surface area contributed by atoms with E-state index in [0.29, 0.717) is 15.2 Å². The summed E-state index contributed by atoms with van der Waals surface area (Å²) < 4.78 is 3.38. The maximum Gasteiger partial charge on any atom is 0 e. The fourth-order valence-electron chi connectivity index (χ4n) is 3.63. The molecule has 122 valence electrons. The van der Waals surface area contributed by atoms with E-state index in [1.54, 1.807) is 31.2 Å². The molecule has 0 amide bonds. The van der Waals surface area contributed by atoms with E-state index in [1.807, 2.05) is 0 Å². The Bertz CT molecular complexity index is 579. The Labute approximate surface area is 154 Å². The predicted molar refractivity (Wildman–Crippen MR) is 89.7 cm³/mol. The van der Waals surface area contributed by atoms with Crippen molar-refractivity contribution in [3.8, 4) is 0 Å². The fraction of sp³-hybridized carbons (Fsp3) is 0.600. The minimum Gasteiger partial charge on any atom is 0 e. The Kier molecular flexibility index (Phi) is 5.61. The molecule has 2 heteroatoms. The number of hydrogen-bond acceptors (Lipinski definition) is 0. The summed E-state index contributed by atoms with van der Waals surface area (Å²) in [5.41, 5.74) is 9.75. The molecular formula is C20H30Cr2. The summed E-state index contributed by atoms with van der Waals surface area (Å²) in [6, 6.07) is 0. The summed E-state index contributed by atoms with van der Waals surface area (Å²) in [6.45, 7) is 23.5. The molecule has 0 N–H and O–H groups in total. The molecule has 2 rings (SSSR count). The van der Waals surface area contributed by atoms with Gasteiger partial charge in [0.1, 0.15) is 0 Å². The van der Waals surface area contributed by atoms with E-state index in [1.165, 1.54) is 11.1 Å². The zero-order valence-electron chi connectivity index (χ0n) is 15.8. The van der Waals surface area contributed by atoms with Gasteiger partial charge in [0.05, 0.1) is 0 Å². The minimum atomic E-state index is 0. The molecule has 0 unspecified atom stereocenters. The van der Waals surface area contributed by atoms with Gasteiger partial charge in [-0.05, 0) is 0 Å². The van der Waals surface area contributed by atoms with Crippen LogP contribution < -0.4 is 0 Å². The molecule has 2 aliphatic carbocycles. The molecule has 0 aliphatic heterocycles. The zero-order chi connectivity index (χ0) is 16.3. The fourth-order valence-corrected chi connectivity index (χ4v) is 6.18. The van der Waals surface area contributed by atoms with Crippen molar-refractivity contribution in [2.24, 2.45) is 10.8 Å². The van der Waals surface area contributed by atoms with Gasteiger partial charge in [-0.15, -0.1) is 0 Å². The van der Waals surface area contributed by atoms with Gasteiger partial charge in [-0.3, -0.25) is 0 Å². The molecule has 0 radical (unpaired) electrons. The number of hydrogen-bond donors (Lipinski definition) is 0. The second kappa shape index (κ2) is 6.15. The van der Waals surface area contributed by atoms with Gasteiger partial charge < -0.3 is 0 Å². The Morgan fingerprint density at radius 3 is 1.00 bits per heavy atom. The molecular weight excluding hydrogens is 344 g/mol. The van der Waals surface area contributed by atoms with Crippen molar-refractivity contribution in [3.63, 3.8) is 0 Å². The predicted octanol–water partition coefficient (Wildman–Crippen LogP) is 6.37. The molecule has 0 saturated carbocycles. The maximum atomic E-state index is 2.41. The molecule has 0 aromatic carbocycles. The van der Waals surface area contributed by atoms with Crippen molar-refractivity contribution in [1.29, 1.82) is 0 Å². The smallest absolute Gasteiger partial charge is 0 e. The molecule has 2 aliphatic rings. The summed E-state index contributed by atoms with van der Waals surface area (Å²) in [5, 5.41) is 0. The van der Waals surface area contributed by atoms with Crippen LogP contribution in [0.2, 0.25) is 0 Å². The van der Waals surface area contributed by atoms with Crippen LogP contribution in [0.1, 0.15) is 69.2 Å². The quantitative estimate of drug-likeness (QED) is 0.527. The van der Waals surface area contributed by atoms with Gasteiger partial charge in [0.2, 0.25) is 0 Å². The van der Waals surface area contributed by atoms with Crippen LogP contribution in [0.3, 0.4) is 0 Å². The molecule has 0 nitrogen and oxygen atoms in total. The first kappa shape index (κ1) is 20.1. The Morgan fingerprint density at radius 1 is 0.545 bits per heavy atom. The van der Waals surface area contributed by atoms with E-state index in [0.717, 1.165) is 0 Å². The van der Waals surface area contributed by atoms with Crippen LogP contribution in [0, 0.1) is 10.8 Å². The Morgan fingerprint density at radius 2 is 0.818 bits per heavy atom. The van der Waals surface area contributed by atoms with Gasteiger partial charge in [0.25, 0.3) is 0 Å². The first-order valence-electron chi connectivity index (χ1n) is 7.91. The summed E-state index contributed by atoms with van der Waals surface area (Å²) >= 11 is 0.444. The van der Waals surface area contributed by atoms with Gasteiger partial charge in [-0.25, -0.2) is 0 Å². The van der Waals surface area contributed by atoms with Crippen LogP contribution in [-0.2, 0) is 32.6 Å². The molecule has 22 heavy (non-hydrogen) atoms. The van der Waals surface area contributed by atoms with E-state index in [-0.39, 0.29) is 28.2 Å². The molecule has 0 atom stereocenters. The Balaban J connectivity index is 0.00000242. The molecule has 0 aromatic heterocycles. The Hall–Kier alpha value is 0.0249. The van der Waals surface area contributed by atoms with Crippen LogP contribution in [0.15, 0.2) is 42.3 Å². The standard InChI is InChI=1S/2C10H15.2Cr/c2*1-7-6-10(4,5)9(3)8(7)2;;/h2*1-5H3;;. The van der Waals surface area contributed by atoms with Gasteiger partial charge in [-0.1, -0.05) is 0 Å². The van der Waals surface area contributed by atoms with Gasteiger partial charge in [-0.2, -0.15) is 0 Å². The summed E-state index contributed by atoms with van der Waals surface area (Å²) in [7, 11) is 0. The summed E-state index contributed by atoms with van der Waals surface area (Å²) in [5.74, 6) is 0. The van der Waals surface area contributed by atoms with Gasteiger partial charge in [0.15, 0.2) is 0 Å². The van der Waals surface area contributed by atoms with E-state index in [4.69, 9.17) is 0 Å². The minimum absolute atomic E-state index is 0. The first-order chi connectivity index (χ1) is 9.44. The third-order valence-corrected chi connectivity index (χ3v) is 9.33. The molecule has 0 bridgehead atoms. The van der Waals surface area contributed by atoms with E-state index in [2.05, 4.69) is 69.2 Å². The average molecular weight is 374 g/mol. The van der Waals surface area contributed by atoms with Crippen molar-refractivity contribution in [3.05, 3.63) is 42.3 Å². The summed E-state index contributed by atoms with van der Waals surface area (Å²) in [6.07, 6.45) is 0. The first-order valence-corrected chi connectivity index (χ1v) is 9.18. The van der Waals surface area contributed by atoms with Crippen LogP contribution in [0.25, 0.3) is 0 Å². The van der Waals surface area contributed by atoms with Gasteiger partial charge >= 0.3 is 138 Å². The van der Waals surface area contributed by atoms with Gasteiger partial charge in [0, 0.05) is 17.4 Å². The summed E-state index contributed by atoms with van der Waals surface area (Å²) in [4.78, 5) is 0. The topological polar surface area (TPSA) is 0 Å². The van der Waals surface area contributed by atoms with E-state index in [9.17, 15) is 0 Å². The molecule has 0 saturated heterocycles. The molecule has 0 fully saturated rings. The van der Waals surface area contributed by atoms with Crippen LogP contribution in [0.5, 0.6) is 0 Å². The second-order valence-corrected chi connectivity index (χ2v) is 9.35. The number of rotatable bonds is 2. The zero-order valence-corrected chi connectivity index (χ0v) is 18.4. The number of allylic oxidation sites excluding steroid dienone is 8. The maximum absolute atomic E-state index is 2.41. The van der Waals surface area contributed by atoms with E-state index >= 15 is 0 Å². The molecule has 0 heterocycles. The van der Waals surface area contributed by atoms with E-state index < -0.39 is 0 Å². The van der Waals surface area contributed by atoms with Crippen molar-refractivity contribution in [1.82, 2.24) is 0 Å². The molecule has 0 aromatic rings. The molecule has 0 spiro atoms. The van der Waals surface area contributed by atoms with Crippen molar-refractivity contribution in [2.75, 3.05) is 0 Å². The van der Waals surface area contributed by atoms with Crippen molar-refractivity contribution < 1.29 is 32.6 Å².